The van der Waals surface area contributed by atoms with Gasteiger partial charge in [0.25, 0.3) is 5.91 Å². The second-order valence-corrected chi connectivity index (χ2v) is 19.8. The summed E-state index contributed by atoms with van der Waals surface area (Å²) in [6.07, 6.45) is 9.77. The van der Waals surface area contributed by atoms with E-state index in [1.807, 2.05) is 58.1 Å². The van der Waals surface area contributed by atoms with Crippen LogP contribution in [0.3, 0.4) is 0 Å². The normalized spacial score (nSPS) is 39.0. The fraction of sp³-hybridized carbons (Fsp3) is 0.765. The Kier molecular flexibility index (Phi) is 21.3. The number of fused-ring (bicyclic) bond motifs is 3. The van der Waals surface area contributed by atoms with E-state index in [4.69, 9.17) is 23.7 Å². The summed E-state index contributed by atoms with van der Waals surface area (Å²) in [6.45, 7) is 12.9. The maximum absolute atomic E-state index is 14.4. The van der Waals surface area contributed by atoms with Crippen LogP contribution in [0.4, 0.5) is 0 Å². The highest BCUT2D eigenvalue weighted by Gasteiger charge is 2.53. The molecule has 0 aromatic rings. The predicted molar refractivity (Wildman–Crippen MR) is 246 cm³/mol. The molecular weight excluding hydrogens is 835 g/mol. The number of piperidine rings is 1. The van der Waals surface area contributed by atoms with Gasteiger partial charge in [0, 0.05) is 58.5 Å². The van der Waals surface area contributed by atoms with Gasteiger partial charge < -0.3 is 49.0 Å². The highest BCUT2D eigenvalue weighted by molar-refractivity contribution is 5.95. The molecule has 65 heavy (non-hydrogen) atoms. The van der Waals surface area contributed by atoms with Crippen LogP contribution in [0.5, 0.6) is 0 Å². The molecule has 1 amide bonds. The monoisotopic (exact) mass is 916 g/mol. The first kappa shape index (κ1) is 54.5. The lowest BCUT2D eigenvalue weighted by molar-refractivity contribution is -0.317. The van der Waals surface area contributed by atoms with Crippen LogP contribution < -0.4 is 0 Å². The molecule has 2 saturated heterocycles. The van der Waals surface area contributed by atoms with Crippen molar-refractivity contribution in [3.8, 4) is 0 Å². The number of carbonyl (C=O) groups excluding carboxylic acids is 4. The Labute approximate surface area is 387 Å². The number of esters is 1. The van der Waals surface area contributed by atoms with E-state index in [1.165, 1.54) is 12.0 Å². The Morgan fingerprint density at radius 3 is 2.26 bits per heavy atom. The van der Waals surface area contributed by atoms with E-state index in [9.17, 15) is 39.6 Å². The average molecular weight is 916 g/mol. The quantitative estimate of drug-likeness (QED) is 0.228. The molecule has 4 aliphatic rings. The van der Waals surface area contributed by atoms with Gasteiger partial charge in [-0.2, -0.15) is 0 Å². The van der Waals surface area contributed by atoms with Crippen LogP contribution in [0, 0.1) is 35.5 Å². The molecule has 4 N–H and O–H groups in total. The van der Waals surface area contributed by atoms with Crippen molar-refractivity contribution in [1.29, 1.82) is 0 Å². The van der Waals surface area contributed by atoms with Crippen LogP contribution >= 0.6 is 0 Å². The van der Waals surface area contributed by atoms with Crippen LogP contribution in [0.1, 0.15) is 126 Å². The lowest BCUT2D eigenvalue weighted by Gasteiger charge is -2.46. The summed E-state index contributed by atoms with van der Waals surface area (Å²) in [7, 11) is 4.55. The van der Waals surface area contributed by atoms with Gasteiger partial charge in [-0.05, 0) is 107 Å². The second kappa shape index (κ2) is 25.3. The zero-order valence-corrected chi connectivity index (χ0v) is 40.7. The lowest BCUT2D eigenvalue weighted by atomic mass is 9.78. The third kappa shape index (κ3) is 14.5. The van der Waals surface area contributed by atoms with Crippen LogP contribution in [-0.2, 0) is 42.9 Å². The molecule has 1 saturated carbocycles. The number of aliphatic hydroxyl groups excluding tert-OH is 3. The van der Waals surface area contributed by atoms with Crippen molar-refractivity contribution in [2.75, 3.05) is 27.9 Å². The number of hydrogen-bond donors (Lipinski definition) is 4. The highest BCUT2D eigenvalue weighted by Crippen LogP contribution is 2.39. The van der Waals surface area contributed by atoms with E-state index < -0.39 is 78.1 Å². The predicted octanol–water partition coefficient (Wildman–Crippen LogP) is 5.97. The minimum absolute atomic E-state index is 0.0291. The largest absolute Gasteiger partial charge is 0.460 e. The maximum Gasteiger partial charge on any atom is 0.329 e. The number of rotatable bonds is 6. The van der Waals surface area contributed by atoms with Gasteiger partial charge in [0.05, 0.1) is 30.5 Å². The molecule has 0 spiro atoms. The van der Waals surface area contributed by atoms with Crippen molar-refractivity contribution in [1.82, 2.24) is 4.90 Å². The van der Waals surface area contributed by atoms with E-state index >= 15 is 0 Å². The molecule has 10 unspecified atom stereocenters. The van der Waals surface area contributed by atoms with E-state index in [0.717, 1.165) is 12.0 Å². The summed E-state index contributed by atoms with van der Waals surface area (Å²) < 4.78 is 29.5. The van der Waals surface area contributed by atoms with E-state index in [0.29, 0.717) is 63.4 Å². The summed E-state index contributed by atoms with van der Waals surface area (Å²) in [4.78, 5) is 57.8. The van der Waals surface area contributed by atoms with Gasteiger partial charge in [0.15, 0.2) is 17.7 Å². The molecule has 14 heteroatoms. The van der Waals surface area contributed by atoms with Crippen molar-refractivity contribution < 1.29 is 63.3 Å². The topological polar surface area (TPSA) is 199 Å². The smallest absolute Gasteiger partial charge is 0.329 e. The fourth-order valence-electron chi connectivity index (χ4n) is 10.3. The van der Waals surface area contributed by atoms with Gasteiger partial charge in [-0.3, -0.25) is 14.4 Å². The molecule has 16 atom stereocenters. The third-order valence-corrected chi connectivity index (χ3v) is 14.7. The van der Waals surface area contributed by atoms with Crippen LogP contribution in [0.15, 0.2) is 47.6 Å². The first-order valence-electron chi connectivity index (χ1n) is 24.1. The molecule has 4 rings (SSSR count). The summed E-state index contributed by atoms with van der Waals surface area (Å²) >= 11 is 0. The Morgan fingerprint density at radius 2 is 1.58 bits per heavy atom. The molecule has 0 radical (unpaired) electrons. The van der Waals surface area contributed by atoms with Gasteiger partial charge in [-0.15, -0.1) is 0 Å². The number of ketones is 2. The first-order chi connectivity index (χ1) is 30.7. The van der Waals surface area contributed by atoms with Gasteiger partial charge >= 0.3 is 5.97 Å². The van der Waals surface area contributed by atoms with Gasteiger partial charge in [0.2, 0.25) is 5.79 Å². The zero-order valence-electron chi connectivity index (χ0n) is 40.7. The molecular formula is C51H81NO13. The number of ether oxygens (including phenoxy) is 5. The number of Topliss-reactive ketones (excluding diaryl/α,β-unsaturated/α-hetero) is 2. The van der Waals surface area contributed by atoms with Crippen molar-refractivity contribution >= 4 is 23.4 Å². The molecule has 3 fully saturated rings. The SMILES string of the molecule is COC1CC(C[C@@H](C)C2CC(=O)C(C)=CC(C)C(O)[C@@H](OC)C(=O)C(C)C[C@H](C)C=CC=CC=C(C)[C@@H](OC)C[C@@H]3CCC(C)C(O)(O3)C(O)C(=O)N3CCCCC3C(=O)O2)CC[C@H]1O. The number of allylic oxidation sites excluding steroid dienone is 6. The number of hydrogen-bond acceptors (Lipinski definition) is 13. The maximum atomic E-state index is 14.4. The molecule has 1 aliphatic carbocycles. The van der Waals surface area contributed by atoms with Crippen LogP contribution in [-0.4, -0.2) is 137 Å². The molecule has 2 bridgehead atoms. The average Bonchev–Trinajstić information content (AvgIpc) is 3.28. The van der Waals surface area contributed by atoms with Crippen molar-refractivity contribution in [2.24, 2.45) is 35.5 Å². The summed E-state index contributed by atoms with van der Waals surface area (Å²) in [5.74, 6) is -6.20. The number of methoxy groups -OCH3 is 3. The zero-order chi connectivity index (χ0) is 48.2. The number of amides is 1. The number of cyclic esters (lactones) is 1. The fourth-order valence-corrected chi connectivity index (χ4v) is 10.3. The van der Waals surface area contributed by atoms with E-state index in [1.54, 1.807) is 41.1 Å². The standard InChI is InChI=1S/C51H81NO13/c1-30-16-12-11-13-17-31(2)42(61-8)28-38-21-19-36(7)51(60,65-38)48(57)49(58)52-23-15-14-18-39(52)50(59)64-43(33(4)26-37-20-22-40(53)44(27-37)62-9)29-41(54)32(3)25-35(6)46(56)47(63-10)45(55)34(5)24-30/h11-13,16-17,25,30,33-40,42-44,46-48,53,56-57,60H,14-15,18-24,26-29H2,1-10H3/t30-,33-,34?,35?,36?,37?,38+,39?,40-,42+,43?,44?,46?,47+,48?,51?/m1/s1. The Morgan fingerprint density at radius 1 is 0.862 bits per heavy atom. The molecule has 3 aliphatic heterocycles. The highest BCUT2D eigenvalue weighted by atomic mass is 16.6. The van der Waals surface area contributed by atoms with Crippen molar-refractivity contribution in [3.05, 3.63) is 47.6 Å². The van der Waals surface area contributed by atoms with Crippen LogP contribution in [0.25, 0.3) is 0 Å². The van der Waals surface area contributed by atoms with Crippen molar-refractivity contribution in [3.63, 3.8) is 0 Å². The Balaban J connectivity index is 1.70. The van der Waals surface area contributed by atoms with Crippen LogP contribution in [0.2, 0.25) is 0 Å². The summed E-state index contributed by atoms with van der Waals surface area (Å²) in [6, 6.07) is -1.08. The molecule has 0 aromatic carbocycles. The number of nitrogens with zero attached hydrogens (tertiary/aromatic N) is 1. The minimum Gasteiger partial charge on any atom is -0.460 e. The minimum atomic E-state index is -2.23. The summed E-state index contributed by atoms with van der Waals surface area (Å²) in [5, 5.41) is 45.7. The molecule has 0 aromatic heterocycles. The molecule has 368 valence electrons. The third-order valence-electron chi connectivity index (χ3n) is 14.7. The first-order valence-corrected chi connectivity index (χ1v) is 24.1. The lowest BCUT2D eigenvalue weighted by Crippen LogP contribution is -2.63. The van der Waals surface area contributed by atoms with Crippen molar-refractivity contribution in [2.45, 2.75) is 186 Å². The number of aliphatic hydroxyl groups is 4. The molecule has 14 nitrogen and oxygen atoms in total. The van der Waals surface area contributed by atoms with Gasteiger partial charge in [0.1, 0.15) is 18.2 Å². The van der Waals surface area contributed by atoms with Gasteiger partial charge in [-0.1, -0.05) is 71.1 Å². The Hall–Kier alpha value is -3.08. The van der Waals surface area contributed by atoms with E-state index in [2.05, 4.69) is 0 Å². The van der Waals surface area contributed by atoms with E-state index in [-0.39, 0.29) is 60.9 Å². The van der Waals surface area contributed by atoms with Gasteiger partial charge in [-0.25, -0.2) is 4.79 Å². The molecule has 3 heterocycles. The Bertz CT molecular complexity index is 1710. The number of carbonyl (C=O) groups is 4. The second-order valence-electron chi connectivity index (χ2n) is 19.8. The summed E-state index contributed by atoms with van der Waals surface area (Å²) in [5.41, 5.74) is 1.23.